The summed E-state index contributed by atoms with van der Waals surface area (Å²) in [6, 6.07) is 9.74. The van der Waals surface area contributed by atoms with Crippen LogP contribution in [0.2, 0.25) is 0 Å². The first-order valence-electron chi connectivity index (χ1n) is 8.13. The number of benzene rings is 1. The van der Waals surface area contributed by atoms with E-state index in [-0.39, 0.29) is 12.5 Å². The molecule has 0 spiro atoms. The third kappa shape index (κ3) is 5.96. The highest BCUT2D eigenvalue weighted by Crippen LogP contribution is 2.15. The molecule has 0 fully saturated rings. The van der Waals surface area contributed by atoms with Crippen LogP contribution in [0.1, 0.15) is 25.2 Å². The third-order valence-corrected chi connectivity index (χ3v) is 3.49. The number of furan rings is 1. The van der Waals surface area contributed by atoms with Crippen molar-refractivity contribution in [3.63, 3.8) is 0 Å². The third-order valence-electron chi connectivity index (χ3n) is 3.49. The molecule has 2 aromatic rings. The summed E-state index contributed by atoms with van der Waals surface area (Å²) in [5.41, 5.74) is 1.52. The van der Waals surface area contributed by atoms with Gasteiger partial charge >= 0.3 is 6.03 Å². The number of urea groups is 1. The van der Waals surface area contributed by atoms with E-state index in [1.54, 1.807) is 25.1 Å². The van der Waals surface area contributed by atoms with Gasteiger partial charge in [0.2, 0.25) is 5.91 Å². The number of nitrogens with one attached hydrogen (secondary N) is 3. The Morgan fingerprint density at radius 3 is 2.72 bits per heavy atom. The molecule has 1 aromatic heterocycles. The van der Waals surface area contributed by atoms with Gasteiger partial charge in [-0.2, -0.15) is 0 Å². The van der Waals surface area contributed by atoms with Gasteiger partial charge in [0, 0.05) is 17.9 Å². The van der Waals surface area contributed by atoms with Crippen LogP contribution in [0.15, 0.2) is 47.1 Å². The number of amides is 3. The molecule has 0 aliphatic heterocycles. The fraction of sp³-hybridized carbons (Fsp3) is 0.333. The molecule has 134 valence electrons. The lowest BCUT2D eigenvalue weighted by atomic mass is 10.2. The molecule has 0 aliphatic carbocycles. The smallest absolute Gasteiger partial charge is 0.319 e. The summed E-state index contributed by atoms with van der Waals surface area (Å²) < 4.78 is 10.5. The molecular weight excluding hydrogens is 322 g/mol. The van der Waals surface area contributed by atoms with Gasteiger partial charge in [0.15, 0.2) is 0 Å². The first-order valence-corrected chi connectivity index (χ1v) is 8.13. The zero-order valence-electron chi connectivity index (χ0n) is 14.4. The summed E-state index contributed by atoms with van der Waals surface area (Å²) in [7, 11) is 0. The number of rotatable bonds is 8. The van der Waals surface area contributed by atoms with E-state index in [4.69, 9.17) is 9.15 Å². The molecule has 0 radical (unpaired) electrons. The van der Waals surface area contributed by atoms with E-state index in [1.807, 2.05) is 25.1 Å². The molecule has 3 N–H and O–H groups in total. The average Bonchev–Trinajstić information content (AvgIpc) is 3.12. The summed E-state index contributed by atoms with van der Waals surface area (Å²) >= 11 is 0. The van der Waals surface area contributed by atoms with Crippen molar-refractivity contribution in [1.82, 2.24) is 10.6 Å². The molecule has 1 aromatic carbocycles. The first-order chi connectivity index (χ1) is 12.1. The quantitative estimate of drug-likeness (QED) is 0.686. The summed E-state index contributed by atoms with van der Waals surface area (Å²) in [5.74, 6) is 0.351. The van der Waals surface area contributed by atoms with Gasteiger partial charge < -0.3 is 25.1 Å². The van der Waals surface area contributed by atoms with Crippen LogP contribution in [0.5, 0.6) is 0 Å². The van der Waals surface area contributed by atoms with Gasteiger partial charge in [-0.15, -0.1) is 0 Å². The lowest BCUT2D eigenvalue weighted by Gasteiger charge is -2.16. The Morgan fingerprint density at radius 1 is 1.20 bits per heavy atom. The zero-order chi connectivity index (χ0) is 18.1. The summed E-state index contributed by atoms with van der Waals surface area (Å²) in [4.78, 5) is 24.1. The van der Waals surface area contributed by atoms with Gasteiger partial charge in [0.25, 0.3) is 0 Å². The lowest BCUT2D eigenvalue weighted by Crippen LogP contribution is -2.46. The van der Waals surface area contributed by atoms with E-state index in [0.717, 1.165) is 5.56 Å². The van der Waals surface area contributed by atoms with E-state index in [9.17, 15) is 9.59 Å². The normalized spacial score (nSPS) is 11.6. The van der Waals surface area contributed by atoms with Crippen LogP contribution in [0, 0.1) is 0 Å². The van der Waals surface area contributed by atoms with E-state index >= 15 is 0 Å². The van der Waals surface area contributed by atoms with Gasteiger partial charge in [-0.05, 0) is 32.0 Å². The molecule has 7 nitrogen and oxygen atoms in total. The number of ether oxygens (including phenoxy) is 1. The Morgan fingerprint density at radius 2 is 2.00 bits per heavy atom. The van der Waals surface area contributed by atoms with Crippen molar-refractivity contribution in [2.75, 3.05) is 11.9 Å². The monoisotopic (exact) mass is 345 g/mol. The van der Waals surface area contributed by atoms with Crippen molar-refractivity contribution in [2.24, 2.45) is 0 Å². The van der Waals surface area contributed by atoms with Crippen molar-refractivity contribution >= 4 is 17.6 Å². The van der Waals surface area contributed by atoms with Crippen LogP contribution in [0.3, 0.4) is 0 Å². The minimum absolute atomic E-state index is 0.274. The van der Waals surface area contributed by atoms with Gasteiger partial charge in [-0.3, -0.25) is 4.79 Å². The molecular formula is C18H23N3O4. The van der Waals surface area contributed by atoms with Crippen molar-refractivity contribution in [3.05, 3.63) is 54.0 Å². The molecule has 1 heterocycles. The van der Waals surface area contributed by atoms with E-state index in [1.165, 1.54) is 6.26 Å². The average molecular weight is 345 g/mol. The van der Waals surface area contributed by atoms with Crippen LogP contribution >= 0.6 is 0 Å². The highest BCUT2D eigenvalue weighted by molar-refractivity contribution is 5.94. The second-order valence-corrected chi connectivity index (χ2v) is 5.41. The van der Waals surface area contributed by atoms with Crippen LogP contribution in [-0.4, -0.2) is 24.6 Å². The highest BCUT2D eigenvalue weighted by atomic mass is 16.5. The van der Waals surface area contributed by atoms with E-state index < -0.39 is 12.1 Å². The fourth-order valence-corrected chi connectivity index (χ4v) is 2.14. The standard InChI is InChI=1S/C18H23N3O4/c1-3-24-12-14-7-4-5-9-16(14)21-18(23)20-13(2)17(22)19-11-15-8-6-10-25-15/h4-10,13H,3,11-12H2,1-2H3,(H,19,22)(H2,20,21,23)/t13-/m1/s1. The Balaban J connectivity index is 1.83. The van der Waals surface area contributed by atoms with Crippen LogP contribution in [0.25, 0.3) is 0 Å². The van der Waals surface area contributed by atoms with Crippen molar-refractivity contribution < 1.29 is 18.7 Å². The van der Waals surface area contributed by atoms with Gasteiger partial charge in [-0.1, -0.05) is 18.2 Å². The second kappa shape index (κ2) is 9.48. The SMILES string of the molecule is CCOCc1ccccc1NC(=O)N[C@H](C)C(=O)NCc1ccco1. The fourth-order valence-electron chi connectivity index (χ4n) is 2.14. The van der Waals surface area contributed by atoms with Crippen molar-refractivity contribution in [1.29, 1.82) is 0 Å². The minimum atomic E-state index is -0.686. The molecule has 0 saturated carbocycles. The molecule has 25 heavy (non-hydrogen) atoms. The Bertz CT molecular complexity index is 685. The highest BCUT2D eigenvalue weighted by Gasteiger charge is 2.16. The summed E-state index contributed by atoms with van der Waals surface area (Å²) in [5, 5.41) is 8.05. The Hall–Kier alpha value is -2.80. The number of anilines is 1. The van der Waals surface area contributed by atoms with E-state index in [2.05, 4.69) is 16.0 Å². The zero-order valence-corrected chi connectivity index (χ0v) is 14.4. The predicted molar refractivity (Wildman–Crippen MR) is 93.9 cm³/mol. The topological polar surface area (TPSA) is 92.6 Å². The molecule has 0 saturated heterocycles. The molecule has 0 aliphatic rings. The Kier molecular flexibility index (Phi) is 7.03. The van der Waals surface area contributed by atoms with Gasteiger partial charge in [-0.25, -0.2) is 4.79 Å². The van der Waals surface area contributed by atoms with Crippen molar-refractivity contribution in [3.8, 4) is 0 Å². The molecule has 0 bridgehead atoms. The van der Waals surface area contributed by atoms with Gasteiger partial charge in [0.05, 0.1) is 19.4 Å². The maximum atomic E-state index is 12.1. The molecule has 3 amide bonds. The molecule has 2 rings (SSSR count). The lowest BCUT2D eigenvalue weighted by molar-refractivity contribution is -0.122. The minimum Gasteiger partial charge on any atom is -0.467 e. The second-order valence-electron chi connectivity index (χ2n) is 5.41. The number of para-hydroxylation sites is 1. The van der Waals surface area contributed by atoms with E-state index in [0.29, 0.717) is 24.7 Å². The molecule has 1 atom stereocenters. The van der Waals surface area contributed by atoms with Crippen LogP contribution in [0.4, 0.5) is 10.5 Å². The predicted octanol–water partition coefficient (Wildman–Crippen LogP) is 2.64. The maximum Gasteiger partial charge on any atom is 0.319 e. The summed E-state index contributed by atoms with van der Waals surface area (Å²) in [6.45, 7) is 4.80. The molecule has 0 unspecified atom stereocenters. The maximum absolute atomic E-state index is 12.1. The summed E-state index contributed by atoms with van der Waals surface area (Å²) in [6.07, 6.45) is 1.54. The number of carbonyl (C=O) groups excluding carboxylic acids is 2. The number of hydrogen-bond acceptors (Lipinski definition) is 4. The van der Waals surface area contributed by atoms with Crippen molar-refractivity contribution in [2.45, 2.75) is 33.0 Å². The molecule has 7 heteroatoms. The first kappa shape index (κ1) is 18.5. The largest absolute Gasteiger partial charge is 0.467 e. The van der Waals surface area contributed by atoms with Gasteiger partial charge in [0.1, 0.15) is 11.8 Å². The number of carbonyl (C=O) groups is 2. The van der Waals surface area contributed by atoms with Crippen LogP contribution in [-0.2, 0) is 22.7 Å². The number of hydrogen-bond donors (Lipinski definition) is 3. The van der Waals surface area contributed by atoms with Crippen LogP contribution < -0.4 is 16.0 Å². The Labute approximate surface area is 146 Å².